The summed E-state index contributed by atoms with van der Waals surface area (Å²) in [6.07, 6.45) is 1.53. The van der Waals surface area contributed by atoms with Gasteiger partial charge in [0.05, 0.1) is 0 Å². The van der Waals surface area contributed by atoms with E-state index in [-0.39, 0.29) is 6.17 Å². The minimum Gasteiger partial charge on any atom is -0.273 e. The molecule has 1 aliphatic heterocycles. The summed E-state index contributed by atoms with van der Waals surface area (Å²) in [5.74, 6) is 0. The summed E-state index contributed by atoms with van der Waals surface area (Å²) in [7, 11) is 1.86. The van der Waals surface area contributed by atoms with Crippen molar-refractivity contribution in [2.45, 2.75) is 13.1 Å². The van der Waals surface area contributed by atoms with Crippen LogP contribution >= 0.6 is 0 Å². The first-order chi connectivity index (χ1) is 3.80. The Labute approximate surface area is 47.9 Å². The van der Waals surface area contributed by atoms with Gasteiger partial charge in [0.2, 0.25) is 0 Å². The Bertz CT molecular complexity index is 112. The van der Waals surface area contributed by atoms with Crippen LogP contribution in [0.4, 0.5) is 0 Å². The minimum atomic E-state index is 0.0972. The summed E-state index contributed by atoms with van der Waals surface area (Å²) < 4.78 is 0. The number of hydrogen-bond donors (Lipinski definition) is 0. The van der Waals surface area contributed by atoms with E-state index in [1.165, 1.54) is 6.34 Å². The SMILES string of the molecule is CC1N=NC=NN1C. The van der Waals surface area contributed by atoms with Gasteiger partial charge in [-0.15, -0.1) is 5.11 Å². The maximum Gasteiger partial charge on any atom is 0.157 e. The van der Waals surface area contributed by atoms with E-state index in [1.54, 1.807) is 5.01 Å². The molecule has 0 aromatic carbocycles. The molecule has 0 spiro atoms. The van der Waals surface area contributed by atoms with Crippen LogP contribution in [0, 0.1) is 0 Å². The molecule has 0 aliphatic carbocycles. The maximum atomic E-state index is 3.86. The van der Waals surface area contributed by atoms with Crippen molar-refractivity contribution in [3.05, 3.63) is 0 Å². The van der Waals surface area contributed by atoms with Crippen molar-refractivity contribution in [1.82, 2.24) is 5.01 Å². The summed E-state index contributed by atoms with van der Waals surface area (Å²) in [4.78, 5) is 0. The first kappa shape index (κ1) is 5.21. The summed E-state index contributed by atoms with van der Waals surface area (Å²) in [5, 5.41) is 13.0. The van der Waals surface area contributed by atoms with Crippen molar-refractivity contribution in [2.24, 2.45) is 15.3 Å². The highest BCUT2D eigenvalue weighted by Crippen LogP contribution is 2.00. The van der Waals surface area contributed by atoms with Crippen molar-refractivity contribution < 1.29 is 0 Å². The van der Waals surface area contributed by atoms with Crippen molar-refractivity contribution in [2.75, 3.05) is 7.05 Å². The van der Waals surface area contributed by atoms with Gasteiger partial charge in [0.1, 0.15) is 0 Å². The molecule has 0 bridgehead atoms. The predicted molar refractivity (Wildman–Crippen MR) is 30.6 cm³/mol. The van der Waals surface area contributed by atoms with Gasteiger partial charge in [0.25, 0.3) is 0 Å². The highest BCUT2D eigenvalue weighted by atomic mass is 15.5. The van der Waals surface area contributed by atoms with Crippen molar-refractivity contribution in [3.63, 3.8) is 0 Å². The molecular formula is C4H8N4. The third-order valence-electron chi connectivity index (χ3n) is 1.06. The second kappa shape index (κ2) is 1.90. The number of nitrogens with zero attached hydrogens (tertiary/aromatic N) is 4. The first-order valence-electron chi connectivity index (χ1n) is 2.46. The molecule has 8 heavy (non-hydrogen) atoms. The van der Waals surface area contributed by atoms with Gasteiger partial charge in [-0.2, -0.15) is 10.2 Å². The average molecular weight is 112 g/mol. The van der Waals surface area contributed by atoms with Crippen molar-refractivity contribution in [3.8, 4) is 0 Å². The number of hydrazone groups is 1. The fourth-order valence-corrected chi connectivity index (χ4v) is 0.402. The number of rotatable bonds is 0. The monoisotopic (exact) mass is 112 g/mol. The maximum absolute atomic E-state index is 3.86. The summed E-state index contributed by atoms with van der Waals surface area (Å²) in [6, 6.07) is 0. The van der Waals surface area contributed by atoms with Gasteiger partial charge in [-0.05, 0) is 6.92 Å². The second-order valence-corrected chi connectivity index (χ2v) is 1.67. The molecule has 0 fully saturated rings. The second-order valence-electron chi connectivity index (χ2n) is 1.67. The van der Waals surface area contributed by atoms with Gasteiger partial charge in [0.15, 0.2) is 12.5 Å². The van der Waals surface area contributed by atoms with E-state index in [1.807, 2.05) is 14.0 Å². The standard InChI is InChI=1S/C4H8N4/c1-4-7-5-3-6-8(4)2/h3-4H,1-2H3. The van der Waals surface area contributed by atoms with Crippen LogP contribution in [0.2, 0.25) is 0 Å². The molecule has 0 aromatic rings. The largest absolute Gasteiger partial charge is 0.273 e. The quantitative estimate of drug-likeness (QED) is 0.454. The molecule has 1 heterocycles. The van der Waals surface area contributed by atoms with Crippen molar-refractivity contribution in [1.29, 1.82) is 0 Å². The van der Waals surface area contributed by atoms with E-state index in [4.69, 9.17) is 0 Å². The van der Waals surface area contributed by atoms with Gasteiger partial charge in [-0.25, -0.2) is 0 Å². The normalized spacial score (nSPS) is 26.8. The van der Waals surface area contributed by atoms with Gasteiger partial charge in [-0.1, -0.05) is 0 Å². The lowest BCUT2D eigenvalue weighted by Crippen LogP contribution is -2.23. The molecule has 1 aliphatic rings. The van der Waals surface area contributed by atoms with Crippen LogP contribution in [0.15, 0.2) is 15.3 Å². The van der Waals surface area contributed by atoms with Crippen LogP contribution < -0.4 is 0 Å². The predicted octanol–water partition coefficient (Wildman–Crippen LogP) is 0.673. The number of azo groups is 1. The summed E-state index contributed by atoms with van der Waals surface area (Å²) in [6.45, 7) is 1.93. The van der Waals surface area contributed by atoms with Gasteiger partial charge in [-0.3, -0.25) is 5.01 Å². The van der Waals surface area contributed by atoms with E-state index in [9.17, 15) is 0 Å². The van der Waals surface area contributed by atoms with Crippen LogP contribution in [-0.4, -0.2) is 24.6 Å². The molecule has 0 saturated heterocycles. The van der Waals surface area contributed by atoms with Gasteiger partial charge >= 0.3 is 0 Å². The molecule has 0 amide bonds. The molecule has 1 atom stereocenters. The van der Waals surface area contributed by atoms with Crippen LogP contribution in [0.3, 0.4) is 0 Å². The molecule has 44 valence electrons. The van der Waals surface area contributed by atoms with E-state index in [0.717, 1.165) is 0 Å². The Morgan fingerprint density at radius 3 is 2.75 bits per heavy atom. The molecule has 4 heteroatoms. The molecule has 1 rings (SSSR count). The Hall–Kier alpha value is -0.930. The Morgan fingerprint density at radius 2 is 2.38 bits per heavy atom. The Morgan fingerprint density at radius 1 is 1.62 bits per heavy atom. The number of hydrogen-bond acceptors (Lipinski definition) is 4. The average Bonchev–Trinajstić information content (AvgIpc) is 1.77. The zero-order valence-electron chi connectivity index (χ0n) is 4.94. The zero-order valence-corrected chi connectivity index (χ0v) is 4.94. The highest BCUT2D eigenvalue weighted by Gasteiger charge is 2.04. The minimum absolute atomic E-state index is 0.0972. The molecule has 4 nitrogen and oxygen atoms in total. The molecular weight excluding hydrogens is 104 g/mol. The smallest absolute Gasteiger partial charge is 0.157 e. The Kier molecular flexibility index (Phi) is 1.24. The van der Waals surface area contributed by atoms with Crippen LogP contribution in [-0.2, 0) is 0 Å². The van der Waals surface area contributed by atoms with Crippen LogP contribution in [0.5, 0.6) is 0 Å². The lowest BCUT2D eigenvalue weighted by Gasteiger charge is -2.17. The highest BCUT2D eigenvalue weighted by molar-refractivity contribution is 5.54. The van der Waals surface area contributed by atoms with Gasteiger partial charge in [0, 0.05) is 7.05 Å². The third-order valence-corrected chi connectivity index (χ3v) is 1.06. The topological polar surface area (TPSA) is 40.3 Å². The van der Waals surface area contributed by atoms with E-state index in [0.29, 0.717) is 0 Å². The fraction of sp³-hybridized carbons (Fsp3) is 0.750. The Balaban J connectivity index is 2.59. The summed E-state index contributed by atoms with van der Waals surface area (Å²) >= 11 is 0. The van der Waals surface area contributed by atoms with Crippen molar-refractivity contribution >= 4 is 6.34 Å². The van der Waals surface area contributed by atoms with E-state index < -0.39 is 0 Å². The summed E-state index contributed by atoms with van der Waals surface area (Å²) in [5.41, 5.74) is 0. The van der Waals surface area contributed by atoms with Gasteiger partial charge < -0.3 is 0 Å². The molecule has 0 N–H and O–H groups in total. The first-order valence-corrected chi connectivity index (χ1v) is 2.46. The lowest BCUT2D eigenvalue weighted by molar-refractivity contribution is 0.264. The molecule has 1 unspecified atom stereocenters. The van der Waals surface area contributed by atoms with Crippen LogP contribution in [0.1, 0.15) is 6.92 Å². The molecule has 0 saturated carbocycles. The van der Waals surface area contributed by atoms with E-state index in [2.05, 4.69) is 15.3 Å². The lowest BCUT2D eigenvalue weighted by atomic mass is 10.6. The third kappa shape index (κ3) is 0.828. The molecule has 0 radical (unpaired) electrons. The fourth-order valence-electron chi connectivity index (χ4n) is 0.402. The van der Waals surface area contributed by atoms with Crippen LogP contribution in [0.25, 0.3) is 0 Å². The zero-order chi connectivity index (χ0) is 5.98. The van der Waals surface area contributed by atoms with E-state index >= 15 is 0 Å². The molecule has 0 aromatic heterocycles.